The predicted octanol–water partition coefficient (Wildman–Crippen LogP) is 6.87. The molecule has 0 amide bonds. The Balaban J connectivity index is 1.40. The first kappa shape index (κ1) is 28.5. The van der Waals surface area contributed by atoms with Crippen molar-refractivity contribution in [1.29, 1.82) is 0 Å². The Morgan fingerprint density at radius 3 is 2.62 bits per heavy atom. The SMILES string of the molecule is C=C1/C(=C\C=C2/CCC[C@]3(C)[C@@H]([C@H](C)/C=C/[C@H](CCC4(C(=O)CC)CC4)OC)CC[C@@H]23)C[C@@H](O)C[C@@H]1O. The molecule has 4 heteroatoms. The highest BCUT2D eigenvalue weighted by Crippen LogP contribution is 2.59. The Morgan fingerprint density at radius 2 is 1.95 bits per heavy atom. The van der Waals surface area contributed by atoms with E-state index in [2.05, 4.69) is 44.7 Å². The normalized spacial score (nSPS) is 37.2. The fourth-order valence-corrected chi connectivity index (χ4v) is 7.95. The third-order valence-electron chi connectivity index (χ3n) is 10.5. The van der Waals surface area contributed by atoms with Crippen LogP contribution in [0.5, 0.6) is 0 Å². The molecule has 4 aliphatic rings. The molecule has 4 nitrogen and oxygen atoms in total. The number of ketones is 1. The van der Waals surface area contributed by atoms with Crippen molar-refractivity contribution in [2.75, 3.05) is 7.11 Å². The van der Waals surface area contributed by atoms with Crippen molar-refractivity contribution >= 4 is 5.78 Å². The first-order chi connectivity index (χ1) is 17.6. The Bertz CT molecular complexity index is 938. The van der Waals surface area contributed by atoms with E-state index < -0.39 is 12.2 Å². The van der Waals surface area contributed by atoms with E-state index >= 15 is 0 Å². The second kappa shape index (κ2) is 11.7. The summed E-state index contributed by atoms with van der Waals surface area (Å²) in [5.41, 5.74) is 3.55. The quantitative estimate of drug-likeness (QED) is 0.315. The molecular formula is C33H50O4. The summed E-state index contributed by atoms with van der Waals surface area (Å²) in [5, 5.41) is 20.3. The molecule has 4 rings (SSSR count). The van der Waals surface area contributed by atoms with Crippen LogP contribution in [-0.4, -0.2) is 41.4 Å². The van der Waals surface area contributed by atoms with Gasteiger partial charge in [0.1, 0.15) is 5.78 Å². The molecule has 37 heavy (non-hydrogen) atoms. The molecule has 206 valence electrons. The molecule has 0 spiro atoms. The number of ether oxygens (including phenoxy) is 1. The van der Waals surface area contributed by atoms with Crippen LogP contribution in [-0.2, 0) is 9.53 Å². The van der Waals surface area contributed by atoms with Crippen molar-refractivity contribution in [3.8, 4) is 0 Å². The molecule has 0 aliphatic heterocycles. The van der Waals surface area contributed by atoms with Gasteiger partial charge in [-0.2, -0.15) is 0 Å². The van der Waals surface area contributed by atoms with E-state index in [0.717, 1.165) is 43.3 Å². The number of hydrogen-bond donors (Lipinski definition) is 2. The van der Waals surface area contributed by atoms with E-state index in [1.165, 1.54) is 31.3 Å². The van der Waals surface area contributed by atoms with E-state index in [9.17, 15) is 15.0 Å². The number of aliphatic hydroxyl groups is 2. The van der Waals surface area contributed by atoms with Crippen molar-refractivity contribution in [2.24, 2.45) is 28.6 Å². The highest BCUT2D eigenvalue weighted by molar-refractivity contribution is 5.87. The average molecular weight is 511 g/mol. The molecule has 0 heterocycles. The van der Waals surface area contributed by atoms with Crippen molar-refractivity contribution in [1.82, 2.24) is 0 Å². The zero-order chi connectivity index (χ0) is 26.8. The smallest absolute Gasteiger partial charge is 0.138 e. The summed E-state index contributed by atoms with van der Waals surface area (Å²) in [6, 6.07) is 0. The van der Waals surface area contributed by atoms with Crippen LogP contribution in [0.1, 0.15) is 97.8 Å². The zero-order valence-electron chi connectivity index (χ0n) is 23.7. The van der Waals surface area contributed by atoms with Gasteiger partial charge >= 0.3 is 0 Å². The highest BCUT2D eigenvalue weighted by atomic mass is 16.5. The summed E-state index contributed by atoms with van der Waals surface area (Å²) in [6.07, 6.45) is 19.8. The van der Waals surface area contributed by atoms with Crippen LogP contribution in [0.4, 0.5) is 0 Å². The van der Waals surface area contributed by atoms with Crippen LogP contribution in [0.15, 0.2) is 47.6 Å². The first-order valence-corrected chi connectivity index (χ1v) is 14.8. The number of fused-ring (bicyclic) bond motifs is 1. The van der Waals surface area contributed by atoms with Crippen LogP contribution in [0.25, 0.3) is 0 Å². The summed E-state index contributed by atoms with van der Waals surface area (Å²) in [6.45, 7) is 10.9. The van der Waals surface area contributed by atoms with Crippen LogP contribution in [0.3, 0.4) is 0 Å². The summed E-state index contributed by atoms with van der Waals surface area (Å²) >= 11 is 0. The third-order valence-corrected chi connectivity index (χ3v) is 10.5. The van der Waals surface area contributed by atoms with Gasteiger partial charge in [-0.05, 0) is 98.5 Å². The van der Waals surface area contributed by atoms with Crippen molar-refractivity contribution in [2.45, 2.75) is 116 Å². The molecule has 0 aromatic heterocycles. The molecule has 0 aromatic rings. The topological polar surface area (TPSA) is 66.8 Å². The van der Waals surface area contributed by atoms with Gasteiger partial charge in [0.05, 0.1) is 18.3 Å². The minimum absolute atomic E-state index is 0.0442. The summed E-state index contributed by atoms with van der Waals surface area (Å²) < 4.78 is 5.81. The molecule has 4 saturated carbocycles. The van der Waals surface area contributed by atoms with Crippen LogP contribution in [0.2, 0.25) is 0 Å². The number of methoxy groups -OCH3 is 1. The molecular weight excluding hydrogens is 460 g/mol. The van der Waals surface area contributed by atoms with Gasteiger partial charge in [0.25, 0.3) is 0 Å². The zero-order valence-corrected chi connectivity index (χ0v) is 23.7. The molecule has 0 saturated heterocycles. The summed E-state index contributed by atoms with van der Waals surface area (Å²) in [7, 11) is 1.79. The maximum Gasteiger partial charge on any atom is 0.138 e. The largest absolute Gasteiger partial charge is 0.393 e. The van der Waals surface area contributed by atoms with Gasteiger partial charge in [0.15, 0.2) is 0 Å². The maximum absolute atomic E-state index is 12.3. The molecule has 2 N–H and O–H groups in total. The minimum atomic E-state index is -0.633. The lowest BCUT2D eigenvalue weighted by Gasteiger charge is -2.44. The number of hydrogen-bond acceptors (Lipinski definition) is 4. The number of aliphatic hydroxyl groups excluding tert-OH is 2. The van der Waals surface area contributed by atoms with Gasteiger partial charge in [-0.25, -0.2) is 0 Å². The van der Waals surface area contributed by atoms with Crippen molar-refractivity contribution < 1.29 is 19.7 Å². The maximum atomic E-state index is 12.3. The van der Waals surface area contributed by atoms with E-state index in [1.807, 2.05) is 6.92 Å². The van der Waals surface area contributed by atoms with E-state index in [1.54, 1.807) is 7.11 Å². The van der Waals surface area contributed by atoms with Crippen molar-refractivity contribution in [3.05, 3.63) is 47.6 Å². The Kier molecular flexibility index (Phi) is 9.03. The van der Waals surface area contributed by atoms with Gasteiger partial charge in [0, 0.05) is 25.4 Å². The summed E-state index contributed by atoms with van der Waals surface area (Å²) in [5.74, 6) is 2.16. The number of carbonyl (C=O) groups excluding carboxylic acids is 1. The lowest BCUT2D eigenvalue weighted by Crippen LogP contribution is -2.35. The summed E-state index contributed by atoms with van der Waals surface area (Å²) in [4.78, 5) is 12.3. The molecule has 4 aliphatic carbocycles. The lowest BCUT2D eigenvalue weighted by molar-refractivity contribution is -0.124. The fourth-order valence-electron chi connectivity index (χ4n) is 7.95. The average Bonchev–Trinajstić information content (AvgIpc) is 3.58. The molecule has 0 bridgehead atoms. The number of carbonyl (C=O) groups is 1. The Labute approximate surface area is 224 Å². The van der Waals surface area contributed by atoms with Crippen molar-refractivity contribution in [3.63, 3.8) is 0 Å². The van der Waals surface area contributed by atoms with Crippen LogP contribution >= 0.6 is 0 Å². The first-order valence-electron chi connectivity index (χ1n) is 14.8. The fraction of sp³-hybridized carbons (Fsp3) is 0.727. The third kappa shape index (κ3) is 6.07. The number of allylic oxidation sites excluding steroid dienone is 4. The van der Waals surface area contributed by atoms with E-state index in [0.29, 0.717) is 48.2 Å². The second-order valence-electron chi connectivity index (χ2n) is 12.8. The van der Waals surface area contributed by atoms with Gasteiger partial charge in [-0.3, -0.25) is 4.79 Å². The monoisotopic (exact) mass is 510 g/mol. The number of rotatable bonds is 10. The van der Waals surface area contributed by atoms with Gasteiger partial charge in [-0.15, -0.1) is 0 Å². The Morgan fingerprint density at radius 1 is 1.19 bits per heavy atom. The Hall–Kier alpha value is -1.49. The molecule has 0 unspecified atom stereocenters. The highest BCUT2D eigenvalue weighted by Gasteiger charge is 2.50. The lowest BCUT2D eigenvalue weighted by atomic mass is 9.61. The standard InChI is InChI=1S/C33H50O4/c1-6-31(36)33(18-19-33)17-15-27(37-5)12-9-22(2)28-13-14-29-24(8-7-16-32(28,29)4)10-11-25-20-26(34)21-30(35)23(25)3/h9-12,22,26-30,34-35H,3,6-8,13-21H2,1-2,4-5H3/b12-9+,24-10+,25-11-/t22-,26-,27-,28-,29+,30+,32-/m1/s1. The molecule has 7 atom stereocenters. The van der Waals surface area contributed by atoms with E-state index in [-0.39, 0.29) is 11.5 Å². The molecule has 0 radical (unpaired) electrons. The second-order valence-corrected chi connectivity index (χ2v) is 12.8. The van der Waals surface area contributed by atoms with Crippen LogP contribution < -0.4 is 0 Å². The van der Waals surface area contributed by atoms with Crippen LogP contribution in [0, 0.1) is 28.6 Å². The van der Waals surface area contributed by atoms with Gasteiger partial charge < -0.3 is 14.9 Å². The molecule has 4 fully saturated rings. The van der Waals surface area contributed by atoms with E-state index in [4.69, 9.17) is 4.74 Å². The molecule has 0 aromatic carbocycles. The van der Waals surface area contributed by atoms with Gasteiger partial charge in [-0.1, -0.05) is 57.2 Å². The number of Topliss-reactive ketones (excluding diaryl/α,β-unsaturated/α-hetero) is 1. The van der Waals surface area contributed by atoms with Gasteiger partial charge in [0.2, 0.25) is 0 Å². The minimum Gasteiger partial charge on any atom is -0.393 e. The predicted molar refractivity (Wildman–Crippen MR) is 150 cm³/mol.